The molecule has 1 amide bonds. The summed E-state index contributed by atoms with van der Waals surface area (Å²) in [5.74, 6) is -1.62. The molecule has 5 rings (SSSR count). The standard InChI is InChI=1S/C25H17Cl2NO5S/c1-12-5-6-15(11-16(12)27)28-21(19-4-3-7-34-19)20(23(30)25(28)31)22(29)17-9-13-8-14(26)10-18(32-2)24(13)33-17/h3-11,21,30H,1-2H3. The number of carbonyl (C=O) groups is 2. The highest BCUT2D eigenvalue weighted by Crippen LogP contribution is 2.44. The van der Waals surface area contributed by atoms with Crippen molar-refractivity contribution >= 4 is 62.9 Å². The van der Waals surface area contributed by atoms with Gasteiger partial charge >= 0.3 is 0 Å². The van der Waals surface area contributed by atoms with Crippen molar-refractivity contribution in [1.29, 1.82) is 0 Å². The number of rotatable bonds is 5. The van der Waals surface area contributed by atoms with Gasteiger partial charge in [0.15, 0.2) is 22.9 Å². The molecule has 0 saturated carbocycles. The molecule has 34 heavy (non-hydrogen) atoms. The molecule has 1 unspecified atom stereocenters. The van der Waals surface area contributed by atoms with E-state index in [1.807, 2.05) is 18.4 Å². The molecular formula is C25H17Cl2NO5S. The number of halogens is 2. The van der Waals surface area contributed by atoms with Crippen LogP contribution in [-0.4, -0.2) is 23.9 Å². The fraction of sp³-hybridized carbons (Fsp3) is 0.120. The van der Waals surface area contributed by atoms with E-state index >= 15 is 0 Å². The van der Waals surface area contributed by atoms with E-state index in [-0.39, 0.29) is 11.3 Å². The number of amides is 1. The monoisotopic (exact) mass is 513 g/mol. The second-order valence-corrected chi connectivity index (χ2v) is 9.58. The molecule has 9 heteroatoms. The van der Waals surface area contributed by atoms with E-state index in [0.717, 1.165) is 5.56 Å². The quantitative estimate of drug-likeness (QED) is 0.293. The molecule has 0 bridgehead atoms. The van der Waals surface area contributed by atoms with Crippen LogP contribution >= 0.6 is 34.5 Å². The summed E-state index contributed by atoms with van der Waals surface area (Å²) < 4.78 is 11.1. The lowest BCUT2D eigenvalue weighted by atomic mass is 10.00. The van der Waals surface area contributed by atoms with E-state index in [9.17, 15) is 14.7 Å². The number of benzene rings is 2. The maximum atomic E-state index is 13.7. The van der Waals surface area contributed by atoms with Gasteiger partial charge in [0.05, 0.1) is 12.7 Å². The van der Waals surface area contributed by atoms with Gasteiger partial charge in [0, 0.05) is 32.1 Å². The van der Waals surface area contributed by atoms with Crippen molar-refractivity contribution < 1.29 is 23.8 Å². The second-order valence-electron chi connectivity index (χ2n) is 7.76. The average Bonchev–Trinajstić information content (AvgIpc) is 3.54. The van der Waals surface area contributed by atoms with Gasteiger partial charge < -0.3 is 14.3 Å². The van der Waals surface area contributed by atoms with Crippen molar-refractivity contribution in [2.24, 2.45) is 0 Å². The molecule has 2 aromatic carbocycles. The molecular weight excluding hydrogens is 497 g/mol. The number of fused-ring (bicyclic) bond motifs is 1. The van der Waals surface area contributed by atoms with Crippen LogP contribution in [0.4, 0.5) is 5.69 Å². The SMILES string of the molecule is COc1cc(Cl)cc2cc(C(=O)C3=C(O)C(=O)N(c4ccc(C)c(Cl)c4)C3c3cccs3)oc12. The summed E-state index contributed by atoms with van der Waals surface area (Å²) in [6, 6.07) is 12.7. The Bertz CT molecular complexity index is 1490. The first-order chi connectivity index (χ1) is 16.3. The zero-order valence-corrected chi connectivity index (χ0v) is 20.3. The smallest absolute Gasteiger partial charge is 0.294 e. The first kappa shape index (κ1) is 22.5. The number of hydrogen-bond acceptors (Lipinski definition) is 6. The number of hydrogen-bond donors (Lipinski definition) is 1. The maximum Gasteiger partial charge on any atom is 0.294 e. The summed E-state index contributed by atoms with van der Waals surface area (Å²) in [5.41, 5.74) is 1.57. The summed E-state index contributed by atoms with van der Waals surface area (Å²) in [6.45, 7) is 1.85. The van der Waals surface area contributed by atoms with Crippen LogP contribution in [0.1, 0.15) is 27.0 Å². The maximum absolute atomic E-state index is 13.7. The number of thiophene rings is 1. The van der Waals surface area contributed by atoms with Crippen LogP contribution in [0.25, 0.3) is 11.0 Å². The molecule has 0 aliphatic carbocycles. The Morgan fingerprint density at radius 1 is 1.18 bits per heavy atom. The fourth-order valence-corrected chi connectivity index (χ4v) is 5.25. The molecule has 6 nitrogen and oxygen atoms in total. The Morgan fingerprint density at radius 2 is 1.97 bits per heavy atom. The van der Waals surface area contributed by atoms with Crippen LogP contribution in [0.3, 0.4) is 0 Å². The Hall–Kier alpha value is -3.26. The van der Waals surface area contributed by atoms with Crippen molar-refractivity contribution in [1.82, 2.24) is 0 Å². The number of nitrogens with zero attached hydrogens (tertiary/aromatic N) is 1. The minimum Gasteiger partial charge on any atom is -0.503 e. The molecule has 1 N–H and O–H groups in total. The van der Waals surface area contributed by atoms with E-state index in [2.05, 4.69) is 0 Å². The van der Waals surface area contributed by atoms with Crippen molar-refractivity contribution in [2.75, 3.05) is 12.0 Å². The van der Waals surface area contributed by atoms with Gasteiger partial charge in [0.25, 0.3) is 5.91 Å². The van der Waals surface area contributed by atoms with Crippen LogP contribution in [-0.2, 0) is 4.79 Å². The Morgan fingerprint density at radius 3 is 2.65 bits per heavy atom. The number of furan rings is 1. The van der Waals surface area contributed by atoms with Crippen molar-refractivity contribution in [3.8, 4) is 5.75 Å². The highest BCUT2D eigenvalue weighted by molar-refractivity contribution is 7.10. The van der Waals surface area contributed by atoms with Gasteiger partial charge in [-0.25, -0.2) is 0 Å². The molecule has 3 heterocycles. The van der Waals surface area contributed by atoms with E-state index in [0.29, 0.717) is 37.3 Å². The second kappa shape index (κ2) is 8.51. The molecule has 4 aromatic rings. The first-order valence-electron chi connectivity index (χ1n) is 10.2. The topological polar surface area (TPSA) is 80.0 Å². The normalized spacial score (nSPS) is 16.1. The lowest BCUT2D eigenvalue weighted by molar-refractivity contribution is -0.117. The predicted octanol–water partition coefficient (Wildman–Crippen LogP) is 6.90. The Balaban J connectivity index is 1.65. The fourth-order valence-electron chi connectivity index (χ4n) is 4.03. The number of carbonyl (C=O) groups excluding carboxylic acids is 2. The molecule has 0 fully saturated rings. The molecule has 0 spiro atoms. The number of ketones is 1. The van der Waals surface area contributed by atoms with Crippen LogP contribution in [0.15, 0.2) is 69.7 Å². The lowest BCUT2D eigenvalue weighted by Gasteiger charge is -2.26. The zero-order valence-electron chi connectivity index (χ0n) is 18.0. The number of aliphatic hydroxyl groups excluding tert-OH is 1. The molecule has 0 saturated heterocycles. The predicted molar refractivity (Wildman–Crippen MR) is 132 cm³/mol. The van der Waals surface area contributed by atoms with Crippen molar-refractivity contribution in [2.45, 2.75) is 13.0 Å². The third kappa shape index (κ3) is 3.57. The highest BCUT2D eigenvalue weighted by atomic mass is 35.5. The van der Waals surface area contributed by atoms with Gasteiger partial charge in [0.2, 0.25) is 5.78 Å². The summed E-state index contributed by atoms with van der Waals surface area (Å²) in [5, 5.41) is 14.2. The Kier molecular flexibility index (Phi) is 5.64. The summed E-state index contributed by atoms with van der Waals surface area (Å²) in [4.78, 5) is 29.0. The molecule has 1 aliphatic heterocycles. The molecule has 0 radical (unpaired) electrons. The first-order valence-corrected chi connectivity index (χ1v) is 11.8. The minimum atomic E-state index is -0.850. The number of Topliss-reactive ketones (excluding diaryl/α,β-unsaturated/α-hetero) is 1. The summed E-state index contributed by atoms with van der Waals surface area (Å²) in [6.07, 6.45) is 0. The van der Waals surface area contributed by atoms with E-state index in [1.54, 1.807) is 36.4 Å². The van der Waals surface area contributed by atoms with Crippen LogP contribution < -0.4 is 9.64 Å². The van der Waals surface area contributed by atoms with Gasteiger partial charge in [0.1, 0.15) is 6.04 Å². The molecule has 172 valence electrons. The van der Waals surface area contributed by atoms with Crippen molar-refractivity contribution in [3.63, 3.8) is 0 Å². The van der Waals surface area contributed by atoms with Gasteiger partial charge in [-0.2, -0.15) is 0 Å². The lowest BCUT2D eigenvalue weighted by Crippen LogP contribution is -2.30. The third-order valence-corrected chi connectivity index (χ3v) is 7.24. The number of anilines is 1. The van der Waals surface area contributed by atoms with Crippen molar-refractivity contribution in [3.05, 3.63) is 91.5 Å². The number of methoxy groups -OCH3 is 1. The highest BCUT2D eigenvalue weighted by Gasteiger charge is 2.46. The molecule has 1 aliphatic rings. The van der Waals surface area contributed by atoms with Crippen LogP contribution in [0, 0.1) is 6.92 Å². The van der Waals surface area contributed by atoms with Gasteiger partial charge in [-0.1, -0.05) is 35.3 Å². The Labute approximate surface area is 208 Å². The van der Waals surface area contributed by atoms with E-state index in [1.165, 1.54) is 29.4 Å². The number of aryl methyl sites for hydroxylation is 1. The third-order valence-electron chi connectivity index (χ3n) is 5.69. The summed E-state index contributed by atoms with van der Waals surface area (Å²) >= 11 is 13.8. The largest absolute Gasteiger partial charge is 0.503 e. The van der Waals surface area contributed by atoms with E-state index < -0.39 is 23.5 Å². The number of ether oxygens (including phenoxy) is 1. The van der Waals surface area contributed by atoms with Crippen LogP contribution in [0.2, 0.25) is 10.0 Å². The van der Waals surface area contributed by atoms with Crippen LogP contribution in [0.5, 0.6) is 5.75 Å². The van der Waals surface area contributed by atoms with Gasteiger partial charge in [-0.15, -0.1) is 11.3 Å². The van der Waals surface area contributed by atoms with Gasteiger partial charge in [-0.3, -0.25) is 14.5 Å². The number of aliphatic hydroxyl groups is 1. The molecule has 2 aromatic heterocycles. The van der Waals surface area contributed by atoms with E-state index in [4.69, 9.17) is 32.4 Å². The average molecular weight is 514 g/mol. The van der Waals surface area contributed by atoms with Gasteiger partial charge in [-0.05, 0) is 48.2 Å². The minimum absolute atomic E-state index is 0.0461. The zero-order chi connectivity index (χ0) is 24.1. The molecule has 1 atom stereocenters. The summed E-state index contributed by atoms with van der Waals surface area (Å²) in [7, 11) is 1.47.